The van der Waals surface area contributed by atoms with Crippen molar-refractivity contribution in [3.8, 4) is 0 Å². The molecule has 0 saturated carbocycles. The van der Waals surface area contributed by atoms with E-state index in [9.17, 15) is 4.79 Å². The molecule has 0 unspecified atom stereocenters. The van der Waals surface area contributed by atoms with E-state index in [-0.39, 0.29) is 11.9 Å². The Morgan fingerprint density at radius 1 is 1.26 bits per heavy atom. The molecule has 118 valence electrons. The molecule has 1 aliphatic rings. The molecular formula is C18H20N4O. The molecule has 0 aliphatic carbocycles. The minimum absolute atomic E-state index is 0.0764. The van der Waals surface area contributed by atoms with Crippen LogP contribution in [0.5, 0.6) is 0 Å². The summed E-state index contributed by atoms with van der Waals surface area (Å²) >= 11 is 0. The van der Waals surface area contributed by atoms with E-state index in [4.69, 9.17) is 0 Å². The normalized spacial score (nSPS) is 18.0. The van der Waals surface area contributed by atoms with Gasteiger partial charge in [-0.25, -0.2) is 4.52 Å². The van der Waals surface area contributed by atoms with Crippen LogP contribution in [0.1, 0.15) is 40.4 Å². The second kappa shape index (κ2) is 5.26. The molecule has 0 bridgehead atoms. The highest BCUT2D eigenvalue weighted by Crippen LogP contribution is 2.35. The van der Waals surface area contributed by atoms with Gasteiger partial charge in [-0.1, -0.05) is 24.3 Å². The number of benzene rings is 1. The molecule has 1 fully saturated rings. The van der Waals surface area contributed by atoms with Crippen LogP contribution in [0.15, 0.2) is 42.9 Å². The average molecular weight is 308 g/mol. The molecule has 0 radical (unpaired) electrons. The summed E-state index contributed by atoms with van der Waals surface area (Å²) in [6.45, 7) is 2.92. The molecule has 0 spiro atoms. The Kier molecular flexibility index (Phi) is 3.22. The maximum Gasteiger partial charge on any atom is 0.259 e. The molecule has 23 heavy (non-hydrogen) atoms. The first kappa shape index (κ1) is 14.1. The highest BCUT2D eigenvalue weighted by Gasteiger charge is 2.33. The van der Waals surface area contributed by atoms with E-state index in [1.165, 1.54) is 11.1 Å². The van der Waals surface area contributed by atoms with Gasteiger partial charge in [-0.2, -0.15) is 5.10 Å². The van der Waals surface area contributed by atoms with E-state index in [0.717, 1.165) is 25.0 Å². The number of amides is 1. The van der Waals surface area contributed by atoms with Crippen LogP contribution in [0.3, 0.4) is 0 Å². The smallest absolute Gasteiger partial charge is 0.259 e. The van der Waals surface area contributed by atoms with Gasteiger partial charge in [-0.05, 0) is 30.9 Å². The third-order valence-corrected chi connectivity index (χ3v) is 4.83. The summed E-state index contributed by atoms with van der Waals surface area (Å²) in [5.74, 6) is 0.0764. The van der Waals surface area contributed by atoms with Crippen molar-refractivity contribution in [1.82, 2.24) is 19.1 Å². The van der Waals surface area contributed by atoms with Crippen molar-refractivity contribution in [3.05, 3.63) is 59.5 Å². The van der Waals surface area contributed by atoms with Crippen molar-refractivity contribution in [2.45, 2.75) is 25.8 Å². The molecule has 1 amide bonds. The van der Waals surface area contributed by atoms with Crippen molar-refractivity contribution in [2.24, 2.45) is 7.05 Å². The van der Waals surface area contributed by atoms with Crippen LogP contribution in [0.25, 0.3) is 5.65 Å². The van der Waals surface area contributed by atoms with Gasteiger partial charge in [0.1, 0.15) is 11.2 Å². The van der Waals surface area contributed by atoms with E-state index < -0.39 is 0 Å². The SMILES string of the molecule is Cc1ccccc1[C@H]1CCCN1C(=O)c1cnn2ccn(C)c12. The molecule has 2 aromatic heterocycles. The Bertz CT molecular complexity index is 876. The fourth-order valence-electron chi connectivity index (χ4n) is 3.65. The van der Waals surface area contributed by atoms with E-state index in [0.29, 0.717) is 5.56 Å². The molecule has 0 N–H and O–H groups in total. The first-order valence-electron chi connectivity index (χ1n) is 8.02. The summed E-state index contributed by atoms with van der Waals surface area (Å²) in [5, 5.41) is 4.30. The number of likely N-dealkylation sites (tertiary alicyclic amines) is 1. The van der Waals surface area contributed by atoms with Crippen molar-refractivity contribution < 1.29 is 4.79 Å². The van der Waals surface area contributed by atoms with Crippen LogP contribution in [-0.2, 0) is 7.05 Å². The van der Waals surface area contributed by atoms with E-state index in [2.05, 4.69) is 30.2 Å². The minimum Gasteiger partial charge on any atom is -0.334 e. The minimum atomic E-state index is 0.0764. The molecule has 5 heteroatoms. The van der Waals surface area contributed by atoms with E-state index in [1.54, 1.807) is 10.7 Å². The number of aromatic nitrogens is 3. The molecule has 3 heterocycles. The zero-order valence-electron chi connectivity index (χ0n) is 13.4. The Balaban J connectivity index is 1.73. The number of hydrogen-bond acceptors (Lipinski definition) is 2. The van der Waals surface area contributed by atoms with Crippen LogP contribution in [-0.4, -0.2) is 31.5 Å². The Labute approximate surface area is 135 Å². The van der Waals surface area contributed by atoms with Crippen molar-refractivity contribution >= 4 is 11.6 Å². The van der Waals surface area contributed by atoms with Gasteiger partial charge in [0.15, 0.2) is 0 Å². The van der Waals surface area contributed by atoms with Crippen LogP contribution < -0.4 is 0 Å². The fourth-order valence-corrected chi connectivity index (χ4v) is 3.65. The van der Waals surface area contributed by atoms with Gasteiger partial charge in [0.25, 0.3) is 5.91 Å². The van der Waals surface area contributed by atoms with Crippen LogP contribution >= 0.6 is 0 Å². The number of nitrogens with zero attached hydrogens (tertiary/aromatic N) is 4. The zero-order chi connectivity index (χ0) is 16.0. The molecule has 1 saturated heterocycles. The summed E-state index contributed by atoms with van der Waals surface area (Å²) in [6.07, 6.45) is 7.54. The van der Waals surface area contributed by atoms with Crippen LogP contribution in [0, 0.1) is 6.92 Å². The van der Waals surface area contributed by atoms with Gasteiger partial charge in [-0.3, -0.25) is 4.79 Å². The molecule has 1 aromatic carbocycles. The third kappa shape index (κ3) is 2.15. The number of carbonyl (C=O) groups excluding carboxylic acids is 1. The lowest BCUT2D eigenvalue weighted by molar-refractivity contribution is 0.0737. The Hall–Kier alpha value is -2.56. The van der Waals surface area contributed by atoms with Crippen molar-refractivity contribution in [3.63, 3.8) is 0 Å². The summed E-state index contributed by atoms with van der Waals surface area (Å²) in [5.41, 5.74) is 4.04. The zero-order valence-corrected chi connectivity index (χ0v) is 13.4. The number of hydrogen-bond donors (Lipinski definition) is 0. The van der Waals surface area contributed by atoms with Gasteiger partial charge in [0, 0.05) is 26.0 Å². The summed E-state index contributed by atoms with van der Waals surface area (Å²) in [6, 6.07) is 8.52. The Morgan fingerprint density at radius 2 is 2.09 bits per heavy atom. The Morgan fingerprint density at radius 3 is 2.91 bits per heavy atom. The second-order valence-corrected chi connectivity index (χ2v) is 6.25. The summed E-state index contributed by atoms with van der Waals surface area (Å²) < 4.78 is 3.70. The van der Waals surface area contributed by atoms with Crippen molar-refractivity contribution in [2.75, 3.05) is 6.54 Å². The largest absolute Gasteiger partial charge is 0.334 e. The molecule has 3 aromatic rings. The predicted octanol–water partition coefficient (Wildman–Crippen LogP) is 2.96. The lowest BCUT2D eigenvalue weighted by Crippen LogP contribution is -2.31. The van der Waals surface area contributed by atoms with Gasteiger partial charge in [0.05, 0.1) is 12.2 Å². The number of aryl methyl sites for hydroxylation is 2. The first-order valence-corrected chi connectivity index (χ1v) is 8.02. The van der Waals surface area contributed by atoms with Gasteiger partial charge in [-0.15, -0.1) is 0 Å². The number of imidazole rings is 1. The standard InChI is InChI=1S/C18H20N4O/c1-13-6-3-4-7-14(13)16-8-5-9-21(16)18(23)15-12-19-22-11-10-20(2)17(15)22/h3-4,6-7,10-12,16H,5,8-9H2,1-2H3/t16-/m1/s1. The number of fused-ring (bicyclic) bond motifs is 1. The molecule has 4 rings (SSSR count). The van der Waals surface area contributed by atoms with Gasteiger partial charge >= 0.3 is 0 Å². The second-order valence-electron chi connectivity index (χ2n) is 6.25. The topological polar surface area (TPSA) is 42.5 Å². The highest BCUT2D eigenvalue weighted by atomic mass is 16.2. The molecular weight excluding hydrogens is 288 g/mol. The fraction of sp³-hybridized carbons (Fsp3) is 0.333. The third-order valence-electron chi connectivity index (χ3n) is 4.83. The summed E-state index contributed by atoms with van der Waals surface area (Å²) in [7, 11) is 1.94. The molecule has 5 nitrogen and oxygen atoms in total. The number of carbonyl (C=O) groups is 1. The van der Waals surface area contributed by atoms with Gasteiger partial charge < -0.3 is 9.47 Å². The maximum atomic E-state index is 13.1. The van der Waals surface area contributed by atoms with Crippen LogP contribution in [0.2, 0.25) is 0 Å². The molecule has 1 aliphatic heterocycles. The van der Waals surface area contributed by atoms with Crippen molar-refractivity contribution in [1.29, 1.82) is 0 Å². The lowest BCUT2D eigenvalue weighted by Gasteiger charge is -2.26. The maximum absolute atomic E-state index is 13.1. The summed E-state index contributed by atoms with van der Waals surface area (Å²) in [4.78, 5) is 15.1. The van der Waals surface area contributed by atoms with Gasteiger partial charge in [0.2, 0.25) is 0 Å². The predicted molar refractivity (Wildman–Crippen MR) is 88.4 cm³/mol. The molecule has 1 atom stereocenters. The lowest BCUT2D eigenvalue weighted by atomic mass is 9.99. The van der Waals surface area contributed by atoms with Crippen LogP contribution in [0.4, 0.5) is 0 Å². The quantitative estimate of drug-likeness (QED) is 0.730. The average Bonchev–Trinajstić information content (AvgIpc) is 3.25. The van der Waals surface area contributed by atoms with E-state index in [1.807, 2.05) is 35.0 Å². The van der Waals surface area contributed by atoms with E-state index >= 15 is 0 Å². The number of rotatable bonds is 2. The highest BCUT2D eigenvalue weighted by molar-refractivity contribution is 6.00. The monoisotopic (exact) mass is 308 g/mol. The first-order chi connectivity index (χ1) is 11.2.